The van der Waals surface area contributed by atoms with Crippen molar-refractivity contribution in [2.24, 2.45) is 0 Å². The zero-order chi connectivity index (χ0) is 18.0. The van der Waals surface area contributed by atoms with Crippen molar-refractivity contribution in [3.05, 3.63) is 23.5 Å². The smallest absolute Gasteiger partial charge is 0.303 e. The van der Waals surface area contributed by atoms with Crippen LogP contribution in [0.15, 0.2) is 12.3 Å². The van der Waals surface area contributed by atoms with Crippen molar-refractivity contribution in [3.8, 4) is 0 Å². The Labute approximate surface area is 146 Å². The first-order valence-electron chi connectivity index (χ1n) is 8.87. The van der Waals surface area contributed by atoms with E-state index in [4.69, 9.17) is 5.11 Å². The highest BCUT2D eigenvalue weighted by atomic mass is 16.4. The minimum atomic E-state index is -0.816. The molecule has 1 atom stereocenters. The van der Waals surface area contributed by atoms with E-state index in [9.17, 15) is 9.59 Å². The second-order valence-corrected chi connectivity index (χ2v) is 6.58. The Kier molecular flexibility index (Phi) is 5.01. The molecule has 7 nitrogen and oxygen atoms in total. The highest BCUT2D eigenvalue weighted by Gasteiger charge is 2.29. The molecule has 1 N–H and O–H groups in total. The number of hydrogen-bond donors (Lipinski definition) is 1. The van der Waals surface area contributed by atoms with Gasteiger partial charge in [-0.2, -0.15) is 5.10 Å². The standard InChI is InChI=1S/C18H24N4O3/c1-3-22-17-13(11-19-22)10-15(12(2)20-17)18(25)21-9-5-4-6-14(21)7-8-16(23)24/h10-11,14H,3-9H2,1-2H3,(H,23,24). The van der Waals surface area contributed by atoms with Crippen molar-refractivity contribution in [1.82, 2.24) is 19.7 Å². The maximum atomic E-state index is 13.1. The van der Waals surface area contributed by atoms with Crippen LogP contribution in [0.1, 0.15) is 55.1 Å². The Morgan fingerprint density at radius 2 is 2.16 bits per heavy atom. The van der Waals surface area contributed by atoms with E-state index in [0.29, 0.717) is 24.2 Å². The number of piperidine rings is 1. The minimum absolute atomic E-state index is 0.00851. The fourth-order valence-electron chi connectivity index (χ4n) is 3.56. The molecule has 1 fully saturated rings. The number of carbonyl (C=O) groups excluding carboxylic acids is 1. The number of carboxylic acid groups (broad SMARTS) is 1. The van der Waals surface area contributed by atoms with Crippen LogP contribution < -0.4 is 0 Å². The second-order valence-electron chi connectivity index (χ2n) is 6.58. The van der Waals surface area contributed by atoms with Crippen LogP contribution in [0, 0.1) is 6.92 Å². The van der Waals surface area contributed by atoms with Crippen molar-refractivity contribution < 1.29 is 14.7 Å². The Morgan fingerprint density at radius 1 is 1.36 bits per heavy atom. The number of aromatic nitrogens is 3. The third-order valence-corrected chi connectivity index (χ3v) is 4.91. The number of hydrogen-bond acceptors (Lipinski definition) is 4. The Morgan fingerprint density at radius 3 is 2.88 bits per heavy atom. The quantitative estimate of drug-likeness (QED) is 0.901. The first kappa shape index (κ1) is 17.4. The normalized spacial score (nSPS) is 17.8. The van der Waals surface area contributed by atoms with Gasteiger partial charge in [0, 0.05) is 30.9 Å². The van der Waals surface area contributed by atoms with Gasteiger partial charge in [0.2, 0.25) is 0 Å². The number of carboxylic acids is 1. The number of aryl methyl sites for hydroxylation is 2. The van der Waals surface area contributed by atoms with E-state index in [1.165, 1.54) is 0 Å². The summed E-state index contributed by atoms with van der Waals surface area (Å²) in [7, 11) is 0. The molecule has 0 aromatic carbocycles. The van der Waals surface area contributed by atoms with Gasteiger partial charge in [-0.25, -0.2) is 9.67 Å². The molecule has 1 aliphatic rings. The summed E-state index contributed by atoms with van der Waals surface area (Å²) in [5.41, 5.74) is 2.07. The van der Waals surface area contributed by atoms with Crippen LogP contribution >= 0.6 is 0 Å². The summed E-state index contributed by atoms with van der Waals surface area (Å²) in [5, 5.41) is 14.1. The molecule has 3 rings (SSSR count). The van der Waals surface area contributed by atoms with Gasteiger partial charge in [0.1, 0.15) is 0 Å². The van der Waals surface area contributed by atoms with Crippen molar-refractivity contribution in [2.75, 3.05) is 6.54 Å². The summed E-state index contributed by atoms with van der Waals surface area (Å²) >= 11 is 0. The third-order valence-electron chi connectivity index (χ3n) is 4.91. The predicted molar refractivity (Wildman–Crippen MR) is 93.5 cm³/mol. The molecule has 0 aliphatic carbocycles. The summed E-state index contributed by atoms with van der Waals surface area (Å²) in [4.78, 5) is 30.4. The van der Waals surface area contributed by atoms with Gasteiger partial charge in [-0.05, 0) is 45.6 Å². The van der Waals surface area contributed by atoms with Gasteiger partial charge in [-0.15, -0.1) is 0 Å². The molecule has 134 valence electrons. The topological polar surface area (TPSA) is 88.3 Å². The molecule has 0 spiro atoms. The lowest BCUT2D eigenvalue weighted by atomic mass is 9.96. The third kappa shape index (κ3) is 3.50. The van der Waals surface area contributed by atoms with Crippen molar-refractivity contribution in [2.45, 2.75) is 58.5 Å². The highest BCUT2D eigenvalue weighted by molar-refractivity contribution is 5.98. The molecule has 2 aromatic heterocycles. The van der Waals surface area contributed by atoms with E-state index in [2.05, 4.69) is 10.1 Å². The minimum Gasteiger partial charge on any atom is -0.481 e. The zero-order valence-electron chi connectivity index (χ0n) is 14.7. The monoisotopic (exact) mass is 344 g/mol. The number of fused-ring (bicyclic) bond motifs is 1. The number of likely N-dealkylation sites (tertiary alicyclic amines) is 1. The Hall–Kier alpha value is -2.44. The van der Waals surface area contributed by atoms with Crippen LogP contribution in [-0.4, -0.2) is 49.2 Å². The first-order chi connectivity index (χ1) is 12.0. The van der Waals surface area contributed by atoms with Gasteiger partial charge in [-0.1, -0.05) is 0 Å². The van der Waals surface area contributed by atoms with E-state index in [1.54, 1.807) is 6.20 Å². The average Bonchev–Trinajstić information content (AvgIpc) is 3.00. The van der Waals surface area contributed by atoms with Gasteiger partial charge in [0.15, 0.2) is 5.65 Å². The van der Waals surface area contributed by atoms with Gasteiger partial charge >= 0.3 is 5.97 Å². The summed E-state index contributed by atoms with van der Waals surface area (Å²) < 4.78 is 1.81. The number of nitrogens with zero attached hydrogens (tertiary/aromatic N) is 4. The summed E-state index contributed by atoms with van der Waals surface area (Å²) in [6, 6.07) is 1.85. The lowest BCUT2D eigenvalue weighted by Crippen LogP contribution is -2.44. The largest absolute Gasteiger partial charge is 0.481 e. The molecule has 7 heteroatoms. The summed E-state index contributed by atoms with van der Waals surface area (Å²) in [6.07, 6.45) is 5.19. The van der Waals surface area contributed by atoms with E-state index in [1.807, 2.05) is 29.5 Å². The molecule has 1 unspecified atom stereocenters. The number of carbonyl (C=O) groups is 2. The average molecular weight is 344 g/mol. The maximum Gasteiger partial charge on any atom is 0.303 e. The fraction of sp³-hybridized carbons (Fsp3) is 0.556. The molecule has 25 heavy (non-hydrogen) atoms. The summed E-state index contributed by atoms with van der Waals surface area (Å²) in [5.74, 6) is -0.865. The van der Waals surface area contributed by atoms with E-state index in [0.717, 1.165) is 36.8 Å². The summed E-state index contributed by atoms with van der Waals surface area (Å²) in [6.45, 7) is 5.25. The number of amides is 1. The van der Waals surface area contributed by atoms with Crippen molar-refractivity contribution >= 4 is 22.9 Å². The van der Waals surface area contributed by atoms with Crippen LogP contribution in [0.2, 0.25) is 0 Å². The zero-order valence-corrected chi connectivity index (χ0v) is 14.7. The van der Waals surface area contributed by atoms with E-state index in [-0.39, 0.29) is 18.4 Å². The van der Waals surface area contributed by atoms with Crippen LogP contribution in [0.5, 0.6) is 0 Å². The molecule has 1 saturated heterocycles. The molecule has 0 bridgehead atoms. The SMILES string of the molecule is CCn1ncc2cc(C(=O)N3CCCCC3CCC(=O)O)c(C)nc21. The fourth-order valence-corrected chi connectivity index (χ4v) is 3.56. The van der Waals surface area contributed by atoms with E-state index >= 15 is 0 Å². The first-order valence-corrected chi connectivity index (χ1v) is 8.87. The van der Waals surface area contributed by atoms with Crippen molar-refractivity contribution in [1.29, 1.82) is 0 Å². The highest BCUT2D eigenvalue weighted by Crippen LogP contribution is 2.25. The van der Waals surface area contributed by atoms with Crippen LogP contribution in [0.3, 0.4) is 0 Å². The van der Waals surface area contributed by atoms with Gasteiger partial charge < -0.3 is 10.0 Å². The number of aliphatic carboxylic acids is 1. The molecule has 1 aliphatic heterocycles. The molecule has 1 amide bonds. The Bertz CT molecular complexity index is 799. The molecule has 3 heterocycles. The molecular weight excluding hydrogens is 320 g/mol. The van der Waals surface area contributed by atoms with Crippen LogP contribution in [0.4, 0.5) is 0 Å². The van der Waals surface area contributed by atoms with Gasteiger partial charge in [0.05, 0.1) is 17.5 Å². The molecule has 2 aromatic rings. The number of pyridine rings is 1. The molecule has 0 radical (unpaired) electrons. The lowest BCUT2D eigenvalue weighted by molar-refractivity contribution is -0.137. The van der Waals surface area contributed by atoms with Gasteiger partial charge in [-0.3, -0.25) is 9.59 Å². The molecular formula is C18H24N4O3. The predicted octanol–water partition coefficient (Wildman–Crippen LogP) is 2.62. The van der Waals surface area contributed by atoms with E-state index < -0.39 is 5.97 Å². The van der Waals surface area contributed by atoms with Gasteiger partial charge in [0.25, 0.3) is 5.91 Å². The second kappa shape index (κ2) is 7.21. The maximum absolute atomic E-state index is 13.1. The Balaban J connectivity index is 1.88. The molecule has 0 saturated carbocycles. The van der Waals surface area contributed by atoms with Crippen LogP contribution in [0.25, 0.3) is 11.0 Å². The lowest BCUT2D eigenvalue weighted by Gasteiger charge is -2.36. The van der Waals surface area contributed by atoms with Crippen LogP contribution in [-0.2, 0) is 11.3 Å². The number of rotatable bonds is 5. The van der Waals surface area contributed by atoms with Crippen molar-refractivity contribution in [3.63, 3.8) is 0 Å².